The lowest BCUT2D eigenvalue weighted by Crippen LogP contribution is -2.41. The molecule has 2 atom stereocenters. The molecule has 0 aromatic heterocycles. The van der Waals surface area contributed by atoms with E-state index in [0.29, 0.717) is 0 Å². The Labute approximate surface area is 121 Å². The van der Waals surface area contributed by atoms with E-state index in [4.69, 9.17) is 4.74 Å². The zero-order valence-electron chi connectivity index (χ0n) is 12.7. The summed E-state index contributed by atoms with van der Waals surface area (Å²) in [5.41, 5.74) is 0. The highest BCUT2D eigenvalue weighted by molar-refractivity contribution is 6.17. The quantitative estimate of drug-likeness (QED) is 0.370. The van der Waals surface area contributed by atoms with Crippen LogP contribution in [-0.4, -0.2) is 23.6 Å². The van der Waals surface area contributed by atoms with Crippen molar-refractivity contribution in [3.8, 4) is 0 Å². The van der Waals surface area contributed by atoms with Gasteiger partial charge in [0.25, 0.3) is 0 Å². The summed E-state index contributed by atoms with van der Waals surface area (Å²) in [4.78, 5) is 34.5. The number of unbranched alkanes of at least 4 members (excludes halogenated alkanes) is 6. The van der Waals surface area contributed by atoms with Gasteiger partial charge in [-0.2, -0.15) is 0 Å². The number of ether oxygens (including phenoxy) is 1. The van der Waals surface area contributed by atoms with E-state index < -0.39 is 17.7 Å². The molecule has 1 aliphatic heterocycles. The molecular formula is C16H26O4. The Bertz CT molecular complexity index is 330. The van der Waals surface area contributed by atoms with E-state index in [1.54, 1.807) is 0 Å². The molecule has 4 nitrogen and oxygen atoms in total. The number of hydrogen-bond donors (Lipinski definition) is 0. The van der Waals surface area contributed by atoms with Crippen LogP contribution in [-0.2, 0) is 19.1 Å². The first-order chi connectivity index (χ1) is 9.56. The minimum Gasteiger partial charge on any atom is -0.461 e. The molecule has 4 heteroatoms. The van der Waals surface area contributed by atoms with E-state index in [0.717, 1.165) is 19.3 Å². The molecule has 1 aliphatic rings. The van der Waals surface area contributed by atoms with Gasteiger partial charge in [0, 0.05) is 6.42 Å². The molecule has 1 saturated heterocycles. The highest BCUT2D eigenvalue weighted by atomic mass is 16.5. The predicted octanol–water partition coefficient (Wildman–Crippen LogP) is 3.22. The summed E-state index contributed by atoms with van der Waals surface area (Å²) in [6.07, 6.45) is 8.98. The molecule has 0 aliphatic carbocycles. The van der Waals surface area contributed by atoms with Crippen LogP contribution in [0.1, 0.15) is 71.6 Å². The van der Waals surface area contributed by atoms with Gasteiger partial charge in [-0.25, -0.2) is 0 Å². The van der Waals surface area contributed by atoms with Crippen molar-refractivity contribution in [1.82, 2.24) is 0 Å². The van der Waals surface area contributed by atoms with Gasteiger partial charge in [0.15, 0.2) is 17.5 Å². The Morgan fingerprint density at radius 3 is 2.25 bits per heavy atom. The first kappa shape index (κ1) is 16.9. The topological polar surface area (TPSA) is 60.4 Å². The lowest BCUT2D eigenvalue weighted by Gasteiger charge is -2.25. The van der Waals surface area contributed by atoms with Crippen LogP contribution in [0, 0.1) is 5.92 Å². The minimum atomic E-state index is -1.17. The Kier molecular flexibility index (Phi) is 7.48. The Balaban J connectivity index is 2.19. The first-order valence-electron chi connectivity index (χ1n) is 7.80. The minimum absolute atomic E-state index is 0.200. The van der Waals surface area contributed by atoms with E-state index in [1.165, 1.54) is 39.0 Å². The number of ketones is 2. The number of hydrogen-bond acceptors (Lipinski definition) is 4. The molecule has 0 aromatic carbocycles. The van der Waals surface area contributed by atoms with Gasteiger partial charge in [0.2, 0.25) is 0 Å². The van der Waals surface area contributed by atoms with Crippen molar-refractivity contribution in [2.45, 2.75) is 77.7 Å². The van der Waals surface area contributed by atoms with Gasteiger partial charge >= 0.3 is 5.97 Å². The van der Waals surface area contributed by atoms with Crippen LogP contribution in [0.3, 0.4) is 0 Å². The maximum atomic E-state index is 11.7. The highest BCUT2D eigenvalue weighted by Gasteiger charge is 2.39. The monoisotopic (exact) mass is 282 g/mol. The van der Waals surface area contributed by atoms with Crippen LogP contribution in [0.5, 0.6) is 0 Å². The molecule has 0 N–H and O–H groups in total. The summed E-state index contributed by atoms with van der Waals surface area (Å²) in [7, 11) is 0. The third-order valence-electron chi connectivity index (χ3n) is 3.81. The van der Waals surface area contributed by atoms with Crippen molar-refractivity contribution in [2.75, 3.05) is 0 Å². The van der Waals surface area contributed by atoms with Crippen molar-refractivity contribution >= 4 is 17.5 Å². The lowest BCUT2D eigenvalue weighted by atomic mass is 9.91. The van der Waals surface area contributed by atoms with Crippen molar-refractivity contribution in [2.24, 2.45) is 5.92 Å². The van der Waals surface area contributed by atoms with Gasteiger partial charge in [-0.15, -0.1) is 0 Å². The van der Waals surface area contributed by atoms with E-state index in [1.807, 2.05) is 0 Å². The lowest BCUT2D eigenvalue weighted by molar-refractivity contribution is -0.166. The Morgan fingerprint density at radius 1 is 1.10 bits per heavy atom. The second kappa shape index (κ2) is 8.88. The smallest absolute Gasteiger partial charge is 0.324 e. The molecular weight excluding hydrogens is 256 g/mol. The van der Waals surface area contributed by atoms with Gasteiger partial charge in [-0.05, 0) is 19.8 Å². The second-order valence-corrected chi connectivity index (χ2v) is 5.68. The van der Waals surface area contributed by atoms with Gasteiger partial charge in [-0.3, -0.25) is 14.4 Å². The number of carbonyl (C=O) groups excluding carboxylic acids is 3. The second-order valence-electron chi connectivity index (χ2n) is 5.68. The average molecular weight is 282 g/mol. The SMILES string of the molecule is CCCCCCCCCC1CC(=O)C(C(C)=O)C(=O)O1. The molecule has 114 valence electrons. The molecule has 0 saturated carbocycles. The number of cyclic esters (lactones) is 1. The fraction of sp³-hybridized carbons (Fsp3) is 0.812. The third kappa shape index (κ3) is 5.43. The summed E-state index contributed by atoms with van der Waals surface area (Å²) in [5.74, 6) is -2.50. The molecule has 1 rings (SSSR count). The summed E-state index contributed by atoms with van der Waals surface area (Å²) in [6.45, 7) is 3.46. The van der Waals surface area contributed by atoms with Gasteiger partial charge in [-0.1, -0.05) is 45.4 Å². The Hall–Kier alpha value is -1.19. The summed E-state index contributed by atoms with van der Waals surface area (Å²) >= 11 is 0. The summed E-state index contributed by atoms with van der Waals surface area (Å²) in [5, 5.41) is 0. The van der Waals surface area contributed by atoms with Crippen LogP contribution >= 0.6 is 0 Å². The molecule has 20 heavy (non-hydrogen) atoms. The number of carbonyl (C=O) groups is 3. The van der Waals surface area contributed by atoms with E-state index >= 15 is 0 Å². The van der Waals surface area contributed by atoms with Gasteiger partial charge in [0.05, 0.1) is 0 Å². The molecule has 0 amide bonds. The average Bonchev–Trinajstić information content (AvgIpc) is 2.36. The zero-order chi connectivity index (χ0) is 15.0. The van der Waals surface area contributed by atoms with Gasteiger partial charge in [0.1, 0.15) is 6.10 Å². The van der Waals surface area contributed by atoms with Crippen molar-refractivity contribution in [3.63, 3.8) is 0 Å². The normalized spacial score (nSPS) is 22.7. The number of esters is 1. The molecule has 1 heterocycles. The van der Waals surface area contributed by atoms with E-state index in [2.05, 4.69) is 6.92 Å². The van der Waals surface area contributed by atoms with Crippen LogP contribution in [0.15, 0.2) is 0 Å². The van der Waals surface area contributed by atoms with E-state index in [-0.39, 0.29) is 18.3 Å². The number of Topliss-reactive ketones (excluding diaryl/α,β-unsaturated/α-hetero) is 2. The van der Waals surface area contributed by atoms with Crippen molar-refractivity contribution < 1.29 is 19.1 Å². The molecule has 1 fully saturated rings. The van der Waals surface area contributed by atoms with Crippen LogP contribution in [0.25, 0.3) is 0 Å². The van der Waals surface area contributed by atoms with Crippen LogP contribution in [0.2, 0.25) is 0 Å². The molecule has 0 spiro atoms. The maximum Gasteiger partial charge on any atom is 0.324 e. The predicted molar refractivity (Wildman–Crippen MR) is 76.3 cm³/mol. The Morgan fingerprint density at radius 2 is 1.70 bits per heavy atom. The number of rotatable bonds is 9. The largest absolute Gasteiger partial charge is 0.461 e. The van der Waals surface area contributed by atoms with Crippen molar-refractivity contribution in [1.29, 1.82) is 0 Å². The molecule has 0 radical (unpaired) electrons. The summed E-state index contributed by atoms with van der Waals surface area (Å²) in [6, 6.07) is 0. The highest BCUT2D eigenvalue weighted by Crippen LogP contribution is 2.22. The first-order valence-corrected chi connectivity index (χ1v) is 7.80. The van der Waals surface area contributed by atoms with Crippen LogP contribution in [0.4, 0.5) is 0 Å². The van der Waals surface area contributed by atoms with Crippen molar-refractivity contribution in [3.05, 3.63) is 0 Å². The third-order valence-corrected chi connectivity index (χ3v) is 3.81. The maximum absolute atomic E-state index is 11.7. The molecule has 2 unspecified atom stereocenters. The fourth-order valence-electron chi connectivity index (χ4n) is 2.63. The summed E-state index contributed by atoms with van der Waals surface area (Å²) < 4.78 is 5.20. The van der Waals surface area contributed by atoms with Gasteiger partial charge < -0.3 is 4.74 Å². The molecule has 0 bridgehead atoms. The standard InChI is InChI=1S/C16H26O4/c1-3-4-5-6-7-8-9-10-13-11-14(18)15(12(2)17)16(19)20-13/h13,15H,3-11H2,1-2H3. The van der Waals surface area contributed by atoms with E-state index in [9.17, 15) is 14.4 Å². The van der Waals surface area contributed by atoms with Crippen LogP contribution < -0.4 is 0 Å². The fourth-order valence-corrected chi connectivity index (χ4v) is 2.63. The molecule has 0 aromatic rings. The zero-order valence-corrected chi connectivity index (χ0v) is 12.7.